The number of likely N-dealkylation sites (tertiary alicyclic amines) is 3. The van der Waals surface area contributed by atoms with E-state index in [1.807, 2.05) is 16.7 Å². The number of hydrogen-bond donors (Lipinski definition) is 1. The Morgan fingerprint density at radius 1 is 0.979 bits per heavy atom. The van der Waals surface area contributed by atoms with Crippen LogP contribution in [0.1, 0.15) is 88.7 Å². The van der Waals surface area contributed by atoms with Crippen molar-refractivity contribution in [2.45, 2.75) is 97.3 Å². The van der Waals surface area contributed by atoms with Gasteiger partial charge in [0.2, 0.25) is 17.7 Å². The summed E-state index contributed by atoms with van der Waals surface area (Å²) in [6.45, 7) is 11.5. The van der Waals surface area contributed by atoms with Crippen molar-refractivity contribution >= 4 is 35.0 Å². The number of aromatic nitrogens is 1. The van der Waals surface area contributed by atoms with Crippen LogP contribution in [-0.4, -0.2) is 115 Å². The van der Waals surface area contributed by atoms with Gasteiger partial charge in [-0.15, -0.1) is 11.3 Å². The molecular weight excluding hydrogens is 630 g/mol. The van der Waals surface area contributed by atoms with E-state index in [1.165, 1.54) is 30.6 Å². The molecule has 0 radical (unpaired) electrons. The predicted octanol–water partition coefficient (Wildman–Crippen LogP) is 3.83. The van der Waals surface area contributed by atoms with Gasteiger partial charge in [-0.25, -0.2) is 0 Å². The number of rotatable bonds is 11. The summed E-state index contributed by atoms with van der Waals surface area (Å²) < 4.78 is 12.0. The fourth-order valence-electron chi connectivity index (χ4n) is 8.86. The molecule has 4 heterocycles. The van der Waals surface area contributed by atoms with Gasteiger partial charge in [-0.2, -0.15) is 0 Å². The molecule has 1 spiro atoms. The molecule has 5 aliphatic rings. The van der Waals surface area contributed by atoms with Crippen LogP contribution in [0.2, 0.25) is 0 Å². The number of nitrogens with one attached hydrogen (secondary N) is 1. The van der Waals surface area contributed by atoms with Gasteiger partial charge < -0.3 is 29.5 Å². The molecule has 48 heavy (non-hydrogen) atoms. The van der Waals surface area contributed by atoms with Crippen LogP contribution in [0.15, 0.2) is 11.7 Å². The summed E-state index contributed by atoms with van der Waals surface area (Å²) in [5.74, 6) is -0.254. The van der Waals surface area contributed by atoms with E-state index in [1.54, 1.807) is 23.7 Å². The maximum Gasteiger partial charge on any atom is 0.265 e. The van der Waals surface area contributed by atoms with E-state index in [4.69, 9.17) is 9.47 Å². The molecule has 1 N–H and O–H groups in total. The molecule has 0 aromatic carbocycles. The molecule has 1 aromatic rings. The standard InChI is InChI=1S/C36H55N5O6S/c1-23(26-11-7-6-8-12-26)47-24(2)30(34(45)39-13-9-10-25(16-39)18-46-5)38-31(42)28-17-40(33(44)29-15-37-22-48-29)19-36(28)20-41(21-36)32(43)27-14-35(27,3)4/h15,22-28,30H,6-14,16-21H2,1-5H3,(H,38,42)/t23-,24-,25+,27-,28+,30+/m1/s1. The van der Waals surface area contributed by atoms with E-state index in [0.29, 0.717) is 50.1 Å². The average Bonchev–Trinajstić information content (AvgIpc) is 3.41. The van der Waals surface area contributed by atoms with E-state index in [9.17, 15) is 19.2 Å². The van der Waals surface area contributed by atoms with Crippen LogP contribution in [-0.2, 0) is 23.9 Å². The smallest absolute Gasteiger partial charge is 0.265 e. The molecule has 3 saturated heterocycles. The minimum absolute atomic E-state index is 0.00958. The summed E-state index contributed by atoms with van der Waals surface area (Å²) in [6, 6.07) is -0.863. The molecule has 0 bridgehead atoms. The van der Waals surface area contributed by atoms with Crippen molar-refractivity contribution in [1.82, 2.24) is 25.0 Å². The topological polar surface area (TPSA) is 121 Å². The zero-order valence-corrected chi connectivity index (χ0v) is 30.3. The summed E-state index contributed by atoms with van der Waals surface area (Å²) >= 11 is 1.28. The van der Waals surface area contributed by atoms with Gasteiger partial charge in [0, 0.05) is 57.7 Å². The maximum atomic E-state index is 14.5. The van der Waals surface area contributed by atoms with Crippen molar-refractivity contribution in [2.24, 2.45) is 34.5 Å². The van der Waals surface area contributed by atoms with E-state index < -0.39 is 23.5 Å². The van der Waals surface area contributed by atoms with Crippen LogP contribution >= 0.6 is 11.3 Å². The molecule has 3 aliphatic heterocycles. The lowest BCUT2D eigenvalue weighted by atomic mass is 9.70. The molecule has 1 aromatic heterocycles. The zero-order chi connectivity index (χ0) is 34.2. The number of nitrogens with zero attached hydrogens (tertiary/aromatic N) is 4. The highest BCUT2D eigenvalue weighted by Gasteiger charge is 2.62. The quantitative estimate of drug-likeness (QED) is 0.376. The largest absolute Gasteiger partial charge is 0.384 e. The fraction of sp³-hybridized carbons (Fsp3) is 0.806. The number of methoxy groups -OCH3 is 1. The lowest BCUT2D eigenvalue weighted by molar-refractivity contribution is -0.153. The Bertz CT molecular complexity index is 1320. The summed E-state index contributed by atoms with van der Waals surface area (Å²) in [5.41, 5.74) is 1.07. The third-order valence-corrected chi connectivity index (χ3v) is 12.8. The molecule has 6 atom stereocenters. The highest BCUT2D eigenvalue weighted by atomic mass is 32.1. The van der Waals surface area contributed by atoms with Crippen molar-refractivity contribution in [3.63, 3.8) is 0 Å². The van der Waals surface area contributed by atoms with Gasteiger partial charge in [-0.05, 0) is 63.2 Å². The third-order valence-electron chi connectivity index (χ3n) is 12.0. The number of thiazole rings is 1. The maximum absolute atomic E-state index is 14.5. The van der Waals surface area contributed by atoms with Gasteiger partial charge in [0.1, 0.15) is 10.9 Å². The Balaban J connectivity index is 1.21. The van der Waals surface area contributed by atoms with Crippen LogP contribution in [0.4, 0.5) is 0 Å². The Morgan fingerprint density at radius 2 is 1.69 bits per heavy atom. The lowest BCUT2D eigenvalue weighted by Crippen LogP contribution is -2.66. The first-order valence-electron chi connectivity index (χ1n) is 18.1. The molecule has 5 fully saturated rings. The predicted molar refractivity (Wildman–Crippen MR) is 182 cm³/mol. The molecule has 4 amide bonds. The van der Waals surface area contributed by atoms with Crippen molar-refractivity contribution in [1.29, 1.82) is 0 Å². The van der Waals surface area contributed by atoms with Crippen LogP contribution in [0, 0.1) is 34.5 Å². The number of ether oxygens (including phenoxy) is 2. The average molecular weight is 686 g/mol. The van der Waals surface area contributed by atoms with E-state index in [0.717, 1.165) is 32.1 Å². The molecule has 0 unspecified atom stereocenters. The third kappa shape index (κ3) is 7.31. The second-order valence-corrected chi connectivity index (χ2v) is 17.0. The number of carbonyl (C=O) groups excluding carboxylic acids is 4. The second-order valence-electron chi connectivity index (χ2n) is 16.1. The Labute approximate surface area is 289 Å². The zero-order valence-electron chi connectivity index (χ0n) is 29.4. The molecule has 12 heteroatoms. The normalized spacial score (nSPS) is 28.4. The molecular formula is C36H55N5O6S. The van der Waals surface area contributed by atoms with Crippen LogP contribution in [0.3, 0.4) is 0 Å². The first-order valence-corrected chi connectivity index (χ1v) is 19.0. The summed E-state index contributed by atoms with van der Waals surface area (Å²) in [4.78, 5) is 65.7. The lowest BCUT2D eigenvalue weighted by Gasteiger charge is -2.50. The SMILES string of the molecule is COC[C@H]1CCCN(C(=O)[C@@H](NC(=O)[C@@H]2CN(C(=O)c3cncs3)CC23CN(C(=O)[C@H]2CC2(C)C)C3)[C@@H](C)O[C@H](C)C2CCCCC2)C1. The number of hydrogen-bond acceptors (Lipinski definition) is 8. The van der Waals surface area contributed by atoms with Crippen LogP contribution in [0.25, 0.3) is 0 Å². The summed E-state index contributed by atoms with van der Waals surface area (Å²) in [7, 11) is 1.69. The molecule has 11 nitrogen and oxygen atoms in total. The van der Waals surface area contributed by atoms with Crippen LogP contribution < -0.4 is 5.32 Å². The Kier molecular flexibility index (Phi) is 10.5. The summed E-state index contributed by atoms with van der Waals surface area (Å²) in [6.07, 6.45) is 9.63. The van der Waals surface area contributed by atoms with Crippen molar-refractivity contribution in [3.8, 4) is 0 Å². The van der Waals surface area contributed by atoms with Gasteiger partial charge in [-0.3, -0.25) is 24.2 Å². The Morgan fingerprint density at radius 3 is 2.33 bits per heavy atom. The first kappa shape index (κ1) is 35.3. The molecule has 2 aliphatic carbocycles. The molecule has 266 valence electrons. The van der Waals surface area contributed by atoms with Gasteiger partial charge in [-0.1, -0.05) is 33.1 Å². The van der Waals surface area contributed by atoms with E-state index in [-0.39, 0.29) is 53.5 Å². The van der Waals surface area contributed by atoms with Gasteiger partial charge in [0.25, 0.3) is 5.91 Å². The highest BCUT2D eigenvalue weighted by molar-refractivity contribution is 7.11. The number of piperidine rings is 1. The number of amides is 4. The minimum atomic E-state index is -0.863. The van der Waals surface area contributed by atoms with Gasteiger partial charge in [0.05, 0.1) is 36.4 Å². The van der Waals surface area contributed by atoms with Crippen molar-refractivity contribution < 1.29 is 28.7 Å². The van der Waals surface area contributed by atoms with E-state index >= 15 is 0 Å². The number of carbonyl (C=O) groups is 4. The van der Waals surface area contributed by atoms with Gasteiger partial charge in [0.15, 0.2) is 0 Å². The molecule has 2 saturated carbocycles. The minimum Gasteiger partial charge on any atom is -0.384 e. The summed E-state index contributed by atoms with van der Waals surface area (Å²) in [5, 5.41) is 3.18. The van der Waals surface area contributed by atoms with Crippen molar-refractivity contribution in [2.75, 3.05) is 53.0 Å². The van der Waals surface area contributed by atoms with Crippen molar-refractivity contribution in [3.05, 3.63) is 16.6 Å². The first-order chi connectivity index (χ1) is 22.9. The monoisotopic (exact) mass is 685 g/mol. The van der Waals surface area contributed by atoms with Crippen LogP contribution in [0.5, 0.6) is 0 Å². The highest BCUT2D eigenvalue weighted by Crippen LogP contribution is 2.54. The fourth-order valence-corrected chi connectivity index (χ4v) is 9.45. The van der Waals surface area contributed by atoms with Gasteiger partial charge >= 0.3 is 0 Å². The Hall–Kier alpha value is -2.57. The second kappa shape index (κ2) is 14.3. The van der Waals surface area contributed by atoms with E-state index in [2.05, 4.69) is 31.1 Å². The molecule has 6 rings (SSSR count).